The first-order valence-corrected chi connectivity index (χ1v) is 7.00. The lowest BCUT2D eigenvalue weighted by Crippen LogP contribution is -2.33. The number of ether oxygens (including phenoxy) is 1. The van der Waals surface area contributed by atoms with E-state index >= 15 is 0 Å². The number of benzene rings is 1. The van der Waals surface area contributed by atoms with Crippen molar-refractivity contribution < 1.29 is 9.53 Å². The van der Waals surface area contributed by atoms with E-state index in [9.17, 15) is 4.79 Å². The van der Waals surface area contributed by atoms with Gasteiger partial charge in [0.2, 0.25) is 5.91 Å². The first-order valence-electron chi connectivity index (χ1n) is 7.00. The van der Waals surface area contributed by atoms with Gasteiger partial charge in [0.05, 0.1) is 0 Å². The average Bonchev–Trinajstić information content (AvgIpc) is 2.23. The average molecular weight is 261 g/mol. The molecule has 3 nitrogen and oxygen atoms in total. The lowest BCUT2D eigenvalue weighted by molar-refractivity contribution is -0.127. The van der Waals surface area contributed by atoms with Crippen LogP contribution in [0.2, 0.25) is 0 Å². The van der Waals surface area contributed by atoms with Crippen molar-refractivity contribution in [1.82, 2.24) is 5.32 Å². The molecule has 104 valence electrons. The van der Waals surface area contributed by atoms with Gasteiger partial charge < -0.3 is 10.1 Å². The third-order valence-electron chi connectivity index (χ3n) is 3.29. The summed E-state index contributed by atoms with van der Waals surface area (Å²) in [6.45, 7) is 6.68. The Bertz CT molecular complexity index is 427. The molecule has 1 saturated carbocycles. The van der Waals surface area contributed by atoms with Crippen molar-refractivity contribution >= 4 is 5.91 Å². The Kier molecular flexibility index (Phi) is 4.13. The maximum Gasteiger partial charge on any atom is 0.223 e. The minimum atomic E-state index is -0.181. The molecule has 0 aromatic heterocycles. The molecule has 0 heterocycles. The van der Waals surface area contributed by atoms with Gasteiger partial charge in [-0.2, -0.15) is 0 Å². The molecule has 1 amide bonds. The van der Waals surface area contributed by atoms with Crippen molar-refractivity contribution in [2.24, 2.45) is 5.92 Å². The summed E-state index contributed by atoms with van der Waals surface area (Å²) < 4.78 is 5.76. The van der Waals surface area contributed by atoms with E-state index in [1.54, 1.807) is 0 Å². The summed E-state index contributed by atoms with van der Waals surface area (Å²) >= 11 is 0. The molecule has 1 N–H and O–H groups in total. The van der Waals surface area contributed by atoms with Crippen molar-refractivity contribution in [3.05, 3.63) is 29.8 Å². The molecule has 1 aliphatic carbocycles. The van der Waals surface area contributed by atoms with Crippen LogP contribution in [0.4, 0.5) is 0 Å². The SMILES string of the molecule is CC(C)(C)Oc1ccc(CNC(=O)C2CCC2)cc1. The van der Waals surface area contributed by atoms with Crippen LogP contribution in [0.3, 0.4) is 0 Å². The second-order valence-corrected chi connectivity index (χ2v) is 6.20. The number of hydrogen-bond donors (Lipinski definition) is 1. The van der Waals surface area contributed by atoms with Crippen LogP contribution in [0.1, 0.15) is 45.6 Å². The molecule has 19 heavy (non-hydrogen) atoms. The number of amides is 1. The van der Waals surface area contributed by atoms with Gasteiger partial charge in [-0.15, -0.1) is 0 Å². The summed E-state index contributed by atoms with van der Waals surface area (Å²) in [6.07, 6.45) is 3.28. The second-order valence-electron chi connectivity index (χ2n) is 6.20. The van der Waals surface area contributed by atoms with E-state index in [-0.39, 0.29) is 17.4 Å². The molecule has 0 spiro atoms. The standard InChI is InChI=1S/C16H23NO2/c1-16(2,3)19-14-9-7-12(8-10-14)11-17-15(18)13-5-4-6-13/h7-10,13H,4-6,11H2,1-3H3,(H,17,18). The maximum absolute atomic E-state index is 11.7. The van der Waals surface area contributed by atoms with Crippen LogP contribution >= 0.6 is 0 Å². The van der Waals surface area contributed by atoms with E-state index in [2.05, 4.69) is 5.32 Å². The van der Waals surface area contributed by atoms with Crippen LogP contribution in [0, 0.1) is 5.92 Å². The van der Waals surface area contributed by atoms with E-state index in [0.717, 1.165) is 24.2 Å². The molecule has 3 heteroatoms. The zero-order valence-corrected chi connectivity index (χ0v) is 12.0. The van der Waals surface area contributed by atoms with Crippen molar-refractivity contribution in [1.29, 1.82) is 0 Å². The summed E-state index contributed by atoms with van der Waals surface area (Å²) in [5, 5.41) is 2.99. The van der Waals surface area contributed by atoms with Crippen LogP contribution in [-0.2, 0) is 11.3 Å². The highest BCUT2D eigenvalue weighted by Crippen LogP contribution is 2.26. The van der Waals surface area contributed by atoms with Crippen molar-refractivity contribution in [3.8, 4) is 5.75 Å². The summed E-state index contributed by atoms with van der Waals surface area (Å²) in [4.78, 5) is 11.7. The van der Waals surface area contributed by atoms with E-state index in [1.807, 2.05) is 45.0 Å². The van der Waals surface area contributed by atoms with Crippen LogP contribution in [-0.4, -0.2) is 11.5 Å². The molecule has 0 saturated heterocycles. The fourth-order valence-corrected chi connectivity index (χ4v) is 2.03. The molecule has 1 aliphatic rings. The Morgan fingerprint density at radius 1 is 1.26 bits per heavy atom. The Morgan fingerprint density at radius 3 is 2.37 bits per heavy atom. The van der Waals surface area contributed by atoms with E-state index < -0.39 is 0 Å². The second kappa shape index (κ2) is 5.64. The number of nitrogens with one attached hydrogen (secondary N) is 1. The van der Waals surface area contributed by atoms with Crippen LogP contribution in [0.5, 0.6) is 5.75 Å². The Balaban J connectivity index is 1.83. The fraction of sp³-hybridized carbons (Fsp3) is 0.562. The molecule has 1 aromatic carbocycles. The molecule has 0 radical (unpaired) electrons. The largest absolute Gasteiger partial charge is 0.488 e. The predicted octanol–water partition coefficient (Wildman–Crippen LogP) is 3.28. The van der Waals surface area contributed by atoms with E-state index in [4.69, 9.17) is 4.74 Å². The van der Waals surface area contributed by atoms with Gasteiger partial charge in [0.1, 0.15) is 11.4 Å². The maximum atomic E-state index is 11.7. The van der Waals surface area contributed by atoms with Crippen molar-refractivity contribution in [3.63, 3.8) is 0 Å². The van der Waals surface area contributed by atoms with Crippen LogP contribution in [0.15, 0.2) is 24.3 Å². The van der Waals surface area contributed by atoms with Gasteiger partial charge in [0.15, 0.2) is 0 Å². The highest BCUT2D eigenvalue weighted by molar-refractivity contribution is 5.79. The zero-order valence-electron chi connectivity index (χ0n) is 12.0. The van der Waals surface area contributed by atoms with Crippen LogP contribution < -0.4 is 10.1 Å². The highest BCUT2D eigenvalue weighted by atomic mass is 16.5. The van der Waals surface area contributed by atoms with E-state index in [0.29, 0.717) is 6.54 Å². The predicted molar refractivity (Wildman–Crippen MR) is 76.0 cm³/mol. The van der Waals surface area contributed by atoms with Gasteiger partial charge in [-0.25, -0.2) is 0 Å². The van der Waals surface area contributed by atoms with Crippen molar-refractivity contribution in [2.45, 2.75) is 52.2 Å². The molecule has 1 aromatic rings. The Morgan fingerprint density at radius 2 is 1.89 bits per heavy atom. The molecule has 0 bridgehead atoms. The molecular weight excluding hydrogens is 238 g/mol. The smallest absolute Gasteiger partial charge is 0.223 e. The zero-order chi connectivity index (χ0) is 13.9. The first kappa shape index (κ1) is 13.9. The quantitative estimate of drug-likeness (QED) is 0.903. The van der Waals surface area contributed by atoms with Gasteiger partial charge >= 0.3 is 0 Å². The molecule has 0 atom stereocenters. The summed E-state index contributed by atoms with van der Waals surface area (Å²) in [5.74, 6) is 1.31. The number of carbonyl (C=O) groups is 1. The van der Waals surface area contributed by atoms with Crippen LogP contribution in [0.25, 0.3) is 0 Å². The topological polar surface area (TPSA) is 38.3 Å². The number of hydrogen-bond acceptors (Lipinski definition) is 2. The molecule has 0 unspecified atom stereocenters. The minimum absolute atomic E-state index is 0.181. The summed E-state index contributed by atoms with van der Waals surface area (Å²) in [5.41, 5.74) is 0.925. The van der Waals surface area contributed by atoms with Gasteiger partial charge in [0.25, 0.3) is 0 Å². The molecular formula is C16H23NO2. The third kappa shape index (κ3) is 4.27. The highest BCUT2D eigenvalue weighted by Gasteiger charge is 2.24. The lowest BCUT2D eigenvalue weighted by atomic mass is 9.85. The van der Waals surface area contributed by atoms with Gasteiger partial charge in [-0.05, 0) is 51.3 Å². The Hall–Kier alpha value is -1.51. The lowest BCUT2D eigenvalue weighted by Gasteiger charge is -2.24. The summed E-state index contributed by atoms with van der Waals surface area (Å²) in [7, 11) is 0. The van der Waals surface area contributed by atoms with Crippen molar-refractivity contribution in [2.75, 3.05) is 0 Å². The van der Waals surface area contributed by atoms with Gasteiger partial charge in [-0.3, -0.25) is 4.79 Å². The Labute approximate surface area is 115 Å². The molecule has 1 fully saturated rings. The first-order chi connectivity index (χ1) is 8.94. The normalized spacial score (nSPS) is 15.7. The van der Waals surface area contributed by atoms with E-state index in [1.165, 1.54) is 6.42 Å². The monoisotopic (exact) mass is 261 g/mol. The molecule has 0 aliphatic heterocycles. The summed E-state index contributed by atoms with van der Waals surface area (Å²) in [6, 6.07) is 7.91. The number of carbonyl (C=O) groups excluding carboxylic acids is 1. The minimum Gasteiger partial charge on any atom is -0.488 e. The third-order valence-corrected chi connectivity index (χ3v) is 3.29. The molecule has 2 rings (SSSR count). The number of rotatable bonds is 4. The fourth-order valence-electron chi connectivity index (χ4n) is 2.03. The van der Waals surface area contributed by atoms with Gasteiger partial charge in [0, 0.05) is 12.5 Å². The van der Waals surface area contributed by atoms with Gasteiger partial charge in [-0.1, -0.05) is 18.6 Å².